The van der Waals surface area contributed by atoms with Gasteiger partial charge in [0, 0.05) is 76.3 Å². The highest BCUT2D eigenvalue weighted by Crippen LogP contribution is 2.29. The van der Waals surface area contributed by atoms with Crippen molar-refractivity contribution >= 4 is 46.3 Å². The van der Waals surface area contributed by atoms with Crippen LogP contribution in [0.2, 0.25) is 0 Å². The lowest BCUT2D eigenvalue weighted by molar-refractivity contribution is 0.355. The van der Waals surface area contributed by atoms with E-state index in [1.807, 2.05) is 0 Å². The number of hydrogen-bond acceptors (Lipinski definition) is 7. The highest BCUT2D eigenvalue weighted by atomic mass is 32.1. The molecule has 0 unspecified atom stereocenters. The molecule has 0 spiro atoms. The van der Waals surface area contributed by atoms with E-state index < -0.39 is 0 Å². The van der Waals surface area contributed by atoms with Gasteiger partial charge < -0.3 is 30.2 Å². The first kappa shape index (κ1) is 28.5. The van der Waals surface area contributed by atoms with Crippen molar-refractivity contribution in [1.82, 2.24) is 15.3 Å². The van der Waals surface area contributed by atoms with Gasteiger partial charge in [-0.2, -0.15) is 9.97 Å². The van der Waals surface area contributed by atoms with Gasteiger partial charge in [0.1, 0.15) is 11.6 Å². The average Bonchev–Trinajstić information content (AvgIpc) is 3.56. The first-order valence-electron chi connectivity index (χ1n) is 15.6. The van der Waals surface area contributed by atoms with Crippen LogP contribution >= 0.6 is 12.2 Å². The smallest absolute Gasteiger partial charge is 0.232 e. The molecule has 0 aliphatic carbocycles. The average molecular weight is 585 g/mol. The molecule has 2 atom stereocenters. The maximum absolute atomic E-state index is 5.71. The Kier molecular flexibility index (Phi) is 8.93. The fraction of sp³-hybridized carbons (Fsp3) is 0.485. The van der Waals surface area contributed by atoms with Crippen LogP contribution in [0.4, 0.5) is 29.0 Å². The third-order valence-electron chi connectivity index (χ3n) is 8.70. The van der Waals surface area contributed by atoms with Crippen molar-refractivity contribution in [3.05, 3.63) is 66.2 Å². The molecule has 0 radical (unpaired) electrons. The van der Waals surface area contributed by atoms with Gasteiger partial charge in [-0.15, -0.1) is 0 Å². The predicted octanol–water partition coefficient (Wildman–Crippen LogP) is 5.37. The quantitative estimate of drug-likeness (QED) is 0.357. The van der Waals surface area contributed by atoms with Gasteiger partial charge in [0.2, 0.25) is 5.95 Å². The third kappa shape index (κ3) is 7.06. The first-order valence-corrected chi connectivity index (χ1v) is 16.0. The van der Waals surface area contributed by atoms with Crippen molar-refractivity contribution in [3.63, 3.8) is 0 Å². The van der Waals surface area contributed by atoms with Crippen LogP contribution in [0.3, 0.4) is 0 Å². The summed E-state index contributed by atoms with van der Waals surface area (Å²) in [5.74, 6) is 3.77. The van der Waals surface area contributed by atoms with Gasteiger partial charge in [0.25, 0.3) is 0 Å². The largest absolute Gasteiger partial charge is 0.372 e. The van der Waals surface area contributed by atoms with E-state index in [9.17, 15) is 0 Å². The number of piperidine rings is 1. The molecule has 0 amide bonds. The fourth-order valence-corrected chi connectivity index (χ4v) is 6.78. The second-order valence-corrected chi connectivity index (χ2v) is 12.6. The van der Waals surface area contributed by atoms with E-state index in [1.165, 1.54) is 36.2 Å². The molecule has 3 aromatic rings. The SMILES string of the molecule is C[C@@H]1C[C@@H](C)CN(c2cc(N3CCN(c4ccccc4)CC3)nc(NC(=S)NCc3ccc(N4CCCC4)cc3)n2)C1. The Bertz CT molecular complexity index is 1310. The van der Waals surface area contributed by atoms with E-state index in [0.717, 1.165) is 64.0 Å². The number of anilines is 5. The zero-order valence-electron chi connectivity index (χ0n) is 25.0. The number of benzene rings is 2. The standard InChI is InChI=1S/C33H44N8S/c1-25-20-26(2)24-41(23-25)31-21-30(40-18-16-39(17-19-40)28-8-4-3-5-9-28)35-32(36-31)37-33(42)34-22-27-10-12-29(13-11-27)38-14-6-7-15-38/h3-5,8-13,21,25-26H,6-7,14-20,22-24H2,1-2H3,(H2,34,35,36,37,42)/t25-,26-/m1/s1. The van der Waals surface area contributed by atoms with Gasteiger partial charge in [-0.3, -0.25) is 0 Å². The number of piperazine rings is 1. The Balaban J connectivity index is 1.13. The molecule has 1 aromatic heterocycles. The number of nitrogens with zero attached hydrogens (tertiary/aromatic N) is 6. The molecule has 0 bridgehead atoms. The highest BCUT2D eigenvalue weighted by Gasteiger charge is 2.26. The monoisotopic (exact) mass is 584 g/mol. The number of nitrogens with one attached hydrogen (secondary N) is 2. The van der Waals surface area contributed by atoms with Gasteiger partial charge in [-0.1, -0.05) is 44.2 Å². The molecule has 42 heavy (non-hydrogen) atoms. The summed E-state index contributed by atoms with van der Waals surface area (Å²) in [6.07, 6.45) is 3.83. The minimum absolute atomic E-state index is 0.538. The Morgan fingerprint density at radius 3 is 1.98 bits per heavy atom. The molecular weight excluding hydrogens is 540 g/mol. The molecule has 3 fully saturated rings. The van der Waals surface area contributed by atoms with Gasteiger partial charge in [-0.05, 0) is 73.1 Å². The van der Waals surface area contributed by atoms with Crippen LogP contribution in [0.1, 0.15) is 38.7 Å². The van der Waals surface area contributed by atoms with Crippen LogP contribution in [0, 0.1) is 11.8 Å². The Hall–Kier alpha value is -3.59. The molecule has 0 saturated carbocycles. The van der Waals surface area contributed by atoms with Gasteiger partial charge in [0.05, 0.1) is 0 Å². The van der Waals surface area contributed by atoms with E-state index >= 15 is 0 Å². The molecule has 2 aromatic carbocycles. The molecule has 8 nitrogen and oxygen atoms in total. The Labute approximate surface area is 256 Å². The van der Waals surface area contributed by atoms with Crippen molar-refractivity contribution in [2.45, 2.75) is 39.7 Å². The predicted molar refractivity (Wildman–Crippen MR) is 179 cm³/mol. The minimum atomic E-state index is 0.538. The van der Waals surface area contributed by atoms with E-state index in [1.54, 1.807) is 0 Å². The lowest BCUT2D eigenvalue weighted by atomic mass is 9.92. The zero-order chi connectivity index (χ0) is 28.9. The number of aromatic nitrogens is 2. The lowest BCUT2D eigenvalue weighted by Gasteiger charge is -2.38. The molecule has 9 heteroatoms. The summed E-state index contributed by atoms with van der Waals surface area (Å²) in [4.78, 5) is 19.6. The van der Waals surface area contributed by atoms with E-state index in [-0.39, 0.29) is 0 Å². The zero-order valence-corrected chi connectivity index (χ0v) is 25.8. The molecule has 4 heterocycles. The summed E-state index contributed by atoms with van der Waals surface area (Å²) >= 11 is 5.71. The van der Waals surface area contributed by atoms with Crippen molar-refractivity contribution in [2.24, 2.45) is 11.8 Å². The maximum Gasteiger partial charge on any atom is 0.232 e. The van der Waals surface area contributed by atoms with Crippen molar-refractivity contribution < 1.29 is 0 Å². The fourth-order valence-electron chi connectivity index (χ4n) is 6.61. The minimum Gasteiger partial charge on any atom is -0.372 e. The summed E-state index contributed by atoms with van der Waals surface area (Å²) in [6.45, 7) is 13.4. The van der Waals surface area contributed by atoms with Crippen LogP contribution in [0.15, 0.2) is 60.7 Å². The summed E-state index contributed by atoms with van der Waals surface area (Å²) in [7, 11) is 0. The van der Waals surface area contributed by atoms with E-state index in [0.29, 0.717) is 29.4 Å². The van der Waals surface area contributed by atoms with E-state index in [4.69, 9.17) is 22.2 Å². The van der Waals surface area contributed by atoms with Gasteiger partial charge in [0.15, 0.2) is 5.11 Å². The van der Waals surface area contributed by atoms with Gasteiger partial charge >= 0.3 is 0 Å². The number of rotatable bonds is 7. The van der Waals surface area contributed by atoms with Crippen LogP contribution in [-0.4, -0.2) is 67.4 Å². The first-order chi connectivity index (χ1) is 20.5. The molecule has 3 saturated heterocycles. The van der Waals surface area contributed by atoms with Crippen LogP contribution in [0.25, 0.3) is 0 Å². The van der Waals surface area contributed by atoms with Crippen LogP contribution in [0.5, 0.6) is 0 Å². The Morgan fingerprint density at radius 2 is 1.31 bits per heavy atom. The summed E-state index contributed by atoms with van der Waals surface area (Å²) < 4.78 is 0. The molecule has 3 aliphatic rings. The van der Waals surface area contributed by atoms with Gasteiger partial charge in [-0.25, -0.2) is 0 Å². The molecule has 2 N–H and O–H groups in total. The van der Waals surface area contributed by atoms with Crippen molar-refractivity contribution in [2.75, 3.05) is 77.3 Å². The topological polar surface area (TPSA) is 62.8 Å². The lowest BCUT2D eigenvalue weighted by Crippen LogP contribution is -2.47. The maximum atomic E-state index is 5.71. The number of para-hydroxylation sites is 1. The summed E-state index contributed by atoms with van der Waals surface area (Å²) in [5.41, 5.74) is 3.78. The summed E-state index contributed by atoms with van der Waals surface area (Å²) in [6, 6.07) is 21.7. The third-order valence-corrected chi connectivity index (χ3v) is 8.95. The second kappa shape index (κ2) is 13.2. The highest BCUT2D eigenvalue weighted by molar-refractivity contribution is 7.80. The normalized spacial score (nSPS) is 21.0. The molecular formula is C33H44N8S. The number of thiocarbonyl (C=S) groups is 1. The molecule has 6 rings (SSSR count). The summed E-state index contributed by atoms with van der Waals surface area (Å²) in [5, 5.41) is 7.21. The van der Waals surface area contributed by atoms with E-state index in [2.05, 4.69) is 105 Å². The van der Waals surface area contributed by atoms with Crippen LogP contribution in [-0.2, 0) is 6.54 Å². The molecule has 222 valence electrons. The number of hydrogen-bond donors (Lipinski definition) is 2. The van der Waals surface area contributed by atoms with Crippen molar-refractivity contribution in [3.8, 4) is 0 Å². The van der Waals surface area contributed by atoms with Crippen molar-refractivity contribution in [1.29, 1.82) is 0 Å². The molecule has 3 aliphatic heterocycles. The second-order valence-electron chi connectivity index (χ2n) is 12.2. The van der Waals surface area contributed by atoms with Crippen LogP contribution < -0.4 is 30.2 Å². The Morgan fingerprint density at radius 1 is 0.738 bits per heavy atom.